The van der Waals surface area contributed by atoms with Gasteiger partial charge in [-0.05, 0) is 41.1 Å². The van der Waals surface area contributed by atoms with E-state index in [1.54, 1.807) is 18.2 Å². The highest BCUT2D eigenvalue weighted by atomic mass is 19.1. The predicted octanol–water partition coefficient (Wildman–Crippen LogP) is 3.88. The molecule has 0 amide bonds. The average Bonchev–Trinajstić information content (AvgIpc) is 2.73. The number of benzene rings is 3. The van der Waals surface area contributed by atoms with Crippen molar-refractivity contribution in [3.8, 4) is 5.75 Å². The lowest BCUT2D eigenvalue weighted by atomic mass is 10.0. The van der Waals surface area contributed by atoms with Gasteiger partial charge in [0.1, 0.15) is 18.2 Å². The normalized spacial score (nSPS) is 10.7. The highest BCUT2D eigenvalue weighted by Crippen LogP contribution is 2.27. The van der Waals surface area contributed by atoms with Gasteiger partial charge in [0.05, 0.1) is 5.56 Å². The molecular weight excluding hydrogens is 373 g/mol. The number of halogens is 1. The molecule has 0 aliphatic rings. The van der Waals surface area contributed by atoms with Crippen molar-refractivity contribution in [1.82, 2.24) is 15.0 Å². The Morgan fingerprint density at radius 3 is 2.59 bits per heavy atom. The minimum Gasteiger partial charge on any atom is -0.485 e. The Labute approximate surface area is 165 Å². The zero-order chi connectivity index (χ0) is 20.2. The molecule has 144 valence electrons. The third-order valence-corrected chi connectivity index (χ3v) is 4.20. The molecule has 1 aromatic heterocycles. The van der Waals surface area contributed by atoms with Gasteiger partial charge in [-0.3, -0.25) is 4.79 Å². The number of hydrogen-bond acceptors (Lipinski definition) is 7. The number of ether oxygens (including phenoxy) is 1. The average molecular weight is 389 g/mol. The van der Waals surface area contributed by atoms with Crippen LogP contribution in [0.1, 0.15) is 16.2 Å². The molecule has 0 aliphatic carbocycles. The number of nitrogens with zero attached hydrogens (tertiary/aromatic N) is 3. The molecule has 4 aromatic rings. The van der Waals surface area contributed by atoms with Crippen molar-refractivity contribution in [2.24, 2.45) is 0 Å². The topological polar surface area (TPSA) is 103 Å². The van der Waals surface area contributed by atoms with Gasteiger partial charge in [-0.25, -0.2) is 4.39 Å². The molecule has 0 saturated heterocycles. The number of aldehydes is 1. The van der Waals surface area contributed by atoms with Crippen LogP contribution in [0.15, 0.2) is 60.7 Å². The molecule has 0 aliphatic heterocycles. The highest BCUT2D eigenvalue weighted by molar-refractivity contribution is 6.00. The lowest BCUT2D eigenvalue weighted by Gasteiger charge is -2.11. The lowest BCUT2D eigenvalue weighted by Crippen LogP contribution is -2.10. The molecule has 29 heavy (non-hydrogen) atoms. The molecule has 1 heterocycles. The zero-order valence-corrected chi connectivity index (χ0v) is 15.2. The van der Waals surface area contributed by atoms with Gasteiger partial charge in [0.15, 0.2) is 12.1 Å². The summed E-state index contributed by atoms with van der Waals surface area (Å²) in [5.74, 6) is 0.577. The zero-order valence-electron chi connectivity index (χ0n) is 15.2. The summed E-state index contributed by atoms with van der Waals surface area (Å²) in [6, 6.07) is 16.9. The molecule has 0 fully saturated rings. The predicted molar refractivity (Wildman–Crippen MR) is 108 cm³/mol. The summed E-state index contributed by atoms with van der Waals surface area (Å²) in [5.41, 5.74) is 6.81. The number of carbonyl (C=O) groups excluding carboxylic acids is 1. The van der Waals surface area contributed by atoms with Gasteiger partial charge in [-0.2, -0.15) is 15.0 Å². The Morgan fingerprint density at radius 1 is 1.00 bits per heavy atom. The van der Waals surface area contributed by atoms with Crippen molar-refractivity contribution in [3.63, 3.8) is 0 Å². The van der Waals surface area contributed by atoms with E-state index in [4.69, 9.17) is 10.5 Å². The van der Waals surface area contributed by atoms with Gasteiger partial charge >= 0.3 is 0 Å². The van der Waals surface area contributed by atoms with E-state index in [0.29, 0.717) is 17.0 Å². The van der Waals surface area contributed by atoms with Crippen LogP contribution in [-0.2, 0) is 6.61 Å². The fraction of sp³-hybridized carbons (Fsp3) is 0.0476. The maximum absolute atomic E-state index is 13.0. The second kappa shape index (κ2) is 7.89. The summed E-state index contributed by atoms with van der Waals surface area (Å²) in [6.07, 6.45) is 0.765. The number of hydrogen-bond donors (Lipinski definition) is 2. The lowest BCUT2D eigenvalue weighted by molar-refractivity contribution is 0.112. The first-order valence-corrected chi connectivity index (χ1v) is 8.75. The maximum Gasteiger partial charge on any atom is 0.232 e. The van der Waals surface area contributed by atoms with Crippen molar-refractivity contribution in [3.05, 3.63) is 77.9 Å². The van der Waals surface area contributed by atoms with Crippen LogP contribution in [0.3, 0.4) is 0 Å². The molecule has 0 saturated carbocycles. The Bertz CT molecular complexity index is 1180. The molecule has 0 spiro atoms. The summed E-state index contributed by atoms with van der Waals surface area (Å²) in [7, 11) is 0. The number of aromatic nitrogens is 3. The van der Waals surface area contributed by atoms with E-state index >= 15 is 0 Å². The number of nitrogens with two attached hydrogens (primary N) is 1. The number of fused-ring (bicyclic) bond motifs is 1. The van der Waals surface area contributed by atoms with E-state index in [9.17, 15) is 9.18 Å². The first kappa shape index (κ1) is 18.3. The van der Waals surface area contributed by atoms with E-state index in [1.165, 1.54) is 12.1 Å². The van der Waals surface area contributed by atoms with Crippen LogP contribution >= 0.6 is 0 Å². The van der Waals surface area contributed by atoms with Crippen LogP contribution in [0.2, 0.25) is 0 Å². The Kier molecular flexibility index (Phi) is 4.98. The number of carbonyl (C=O) groups is 1. The second-order valence-corrected chi connectivity index (χ2v) is 6.17. The van der Waals surface area contributed by atoms with Crippen LogP contribution in [-0.4, -0.2) is 21.2 Å². The molecule has 0 atom stereocenters. The number of nitrogen functional groups attached to an aromatic ring is 1. The van der Waals surface area contributed by atoms with Crippen molar-refractivity contribution < 1.29 is 13.9 Å². The first-order valence-electron chi connectivity index (χ1n) is 8.75. The molecule has 4 rings (SSSR count). The summed E-state index contributed by atoms with van der Waals surface area (Å²) in [6.45, 7) is -0.00992. The summed E-state index contributed by atoms with van der Waals surface area (Å²) < 4.78 is 18.8. The summed E-state index contributed by atoms with van der Waals surface area (Å²) in [5, 5.41) is 4.68. The smallest absolute Gasteiger partial charge is 0.232 e. The quantitative estimate of drug-likeness (QED) is 0.482. The molecule has 0 radical (unpaired) electrons. The third kappa shape index (κ3) is 4.11. The fourth-order valence-electron chi connectivity index (χ4n) is 2.89. The van der Waals surface area contributed by atoms with Crippen LogP contribution in [0.5, 0.6) is 5.75 Å². The Balaban J connectivity index is 1.56. The molecule has 7 nitrogen and oxygen atoms in total. The van der Waals surface area contributed by atoms with Gasteiger partial charge in [-0.15, -0.1) is 0 Å². The van der Waals surface area contributed by atoms with Gasteiger partial charge in [0.2, 0.25) is 11.9 Å². The number of rotatable bonds is 6. The van der Waals surface area contributed by atoms with E-state index < -0.39 is 0 Å². The minimum atomic E-state index is -0.346. The fourth-order valence-corrected chi connectivity index (χ4v) is 2.89. The van der Waals surface area contributed by atoms with Crippen LogP contribution in [0.4, 0.5) is 22.0 Å². The Hall–Kier alpha value is -4.07. The van der Waals surface area contributed by atoms with E-state index in [-0.39, 0.29) is 30.1 Å². The van der Waals surface area contributed by atoms with Gasteiger partial charge in [0.25, 0.3) is 0 Å². The largest absolute Gasteiger partial charge is 0.485 e. The van der Waals surface area contributed by atoms with Crippen molar-refractivity contribution in [2.45, 2.75) is 6.61 Å². The van der Waals surface area contributed by atoms with E-state index in [0.717, 1.165) is 17.1 Å². The second-order valence-electron chi connectivity index (χ2n) is 6.17. The molecule has 8 heteroatoms. The van der Waals surface area contributed by atoms with Gasteiger partial charge in [0, 0.05) is 5.69 Å². The van der Waals surface area contributed by atoms with E-state index in [2.05, 4.69) is 20.3 Å². The van der Waals surface area contributed by atoms with Crippen molar-refractivity contribution in [2.75, 3.05) is 11.1 Å². The number of anilines is 3. The molecule has 0 bridgehead atoms. The molecule has 3 N–H and O–H groups in total. The van der Waals surface area contributed by atoms with Crippen LogP contribution in [0, 0.1) is 5.82 Å². The maximum atomic E-state index is 13.0. The monoisotopic (exact) mass is 389 g/mol. The molecule has 0 unspecified atom stereocenters. The summed E-state index contributed by atoms with van der Waals surface area (Å²) in [4.78, 5) is 24.0. The minimum absolute atomic E-state index is 0.00992. The summed E-state index contributed by atoms with van der Waals surface area (Å²) >= 11 is 0. The SMILES string of the molecule is Nc1nc(COc2ccc3ccccc3c2C=O)nc(Nc2ccc(F)cc2)n1. The van der Waals surface area contributed by atoms with Gasteiger partial charge in [-0.1, -0.05) is 30.3 Å². The third-order valence-electron chi connectivity index (χ3n) is 4.20. The molecule has 3 aromatic carbocycles. The standard InChI is InChI=1S/C21H16FN5O2/c22-14-6-8-15(9-7-14)24-21-26-19(25-20(23)27-21)12-29-18-10-5-13-3-1-2-4-16(13)17(18)11-28/h1-11H,12H2,(H3,23,24,25,26,27). The van der Waals surface area contributed by atoms with Crippen LogP contribution < -0.4 is 15.8 Å². The van der Waals surface area contributed by atoms with Gasteiger partial charge < -0.3 is 15.8 Å². The molecular formula is C21H16FN5O2. The van der Waals surface area contributed by atoms with Crippen molar-refractivity contribution in [1.29, 1.82) is 0 Å². The van der Waals surface area contributed by atoms with Crippen molar-refractivity contribution >= 4 is 34.6 Å². The van der Waals surface area contributed by atoms with E-state index in [1.807, 2.05) is 30.3 Å². The first-order chi connectivity index (χ1) is 14.1. The number of nitrogens with one attached hydrogen (secondary N) is 1. The Morgan fingerprint density at radius 2 is 1.79 bits per heavy atom. The highest BCUT2D eigenvalue weighted by Gasteiger charge is 2.11. The van der Waals surface area contributed by atoms with Crippen LogP contribution in [0.25, 0.3) is 10.8 Å².